The number of amides is 1. The van der Waals surface area contributed by atoms with E-state index in [0.717, 1.165) is 32.4 Å². The second-order valence-corrected chi connectivity index (χ2v) is 7.28. The van der Waals surface area contributed by atoms with E-state index in [2.05, 4.69) is 26.3 Å². The Balaban J connectivity index is 1.71. The number of nitrogens with one attached hydrogen (secondary N) is 1. The summed E-state index contributed by atoms with van der Waals surface area (Å²) in [5.41, 5.74) is 3.19. The Morgan fingerprint density at radius 3 is 2.57 bits per heavy atom. The van der Waals surface area contributed by atoms with Crippen LogP contribution in [0.5, 0.6) is 5.75 Å². The highest BCUT2D eigenvalue weighted by Gasteiger charge is 2.16. The molecular weight excluding hydrogens is 418 g/mol. The highest BCUT2D eigenvalue weighted by atomic mass is 79.9. The molecule has 0 aliphatic heterocycles. The summed E-state index contributed by atoms with van der Waals surface area (Å²) in [6.07, 6.45) is 1.78. The molecule has 0 fully saturated rings. The number of methoxy groups -OCH3 is 1. The molecule has 0 saturated heterocycles. The predicted octanol–water partition coefficient (Wildman–Crippen LogP) is 5.11. The van der Waals surface area contributed by atoms with Gasteiger partial charge in [0.2, 0.25) is 0 Å². The summed E-state index contributed by atoms with van der Waals surface area (Å²) in [6.45, 7) is 0.556. The number of nitrogens with zero attached hydrogens (tertiary/aromatic N) is 2. The minimum absolute atomic E-state index is 0.172. The molecule has 0 aliphatic rings. The van der Waals surface area contributed by atoms with Crippen LogP contribution in [0, 0.1) is 0 Å². The molecule has 1 heterocycles. The third-order valence-electron chi connectivity index (χ3n) is 4.47. The van der Waals surface area contributed by atoms with E-state index in [9.17, 15) is 4.79 Å². The molecule has 3 aromatic carbocycles. The van der Waals surface area contributed by atoms with Gasteiger partial charge in [-0.15, -0.1) is 0 Å². The van der Waals surface area contributed by atoms with Gasteiger partial charge in [-0.3, -0.25) is 9.48 Å². The third kappa shape index (κ3) is 3.77. The summed E-state index contributed by atoms with van der Waals surface area (Å²) in [7, 11) is 1.64. The van der Waals surface area contributed by atoms with Crippen molar-refractivity contribution in [3.8, 4) is 5.75 Å². The summed E-state index contributed by atoms with van der Waals surface area (Å²) in [4.78, 5) is 13.0. The molecule has 0 saturated carbocycles. The molecule has 28 heavy (non-hydrogen) atoms. The molecule has 1 N–H and O–H groups in total. The fraction of sp³-hybridized carbons (Fsp3) is 0.0909. The Labute approximate surface area is 171 Å². The zero-order valence-corrected chi connectivity index (χ0v) is 16.8. The second-order valence-electron chi connectivity index (χ2n) is 6.36. The number of rotatable bonds is 5. The first-order chi connectivity index (χ1) is 13.6. The molecule has 1 amide bonds. The molecule has 6 heteroatoms. The summed E-state index contributed by atoms with van der Waals surface area (Å²) in [6, 6.07) is 21.0. The van der Waals surface area contributed by atoms with Crippen LogP contribution < -0.4 is 10.1 Å². The number of anilines is 1. The number of aromatic nitrogens is 2. The lowest BCUT2D eigenvalue weighted by atomic mass is 10.1. The average Bonchev–Trinajstić information content (AvgIpc) is 3.11. The molecule has 5 nitrogen and oxygen atoms in total. The van der Waals surface area contributed by atoms with Gasteiger partial charge >= 0.3 is 0 Å². The number of carbonyl (C=O) groups is 1. The highest BCUT2D eigenvalue weighted by molar-refractivity contribution is 9.10. The van der Waals surface area contributed by atoms with Gasteiger partial charge in [0.15, 0.2) is 0 Å². The van der Waals surface area contributed by atoms with Gasteiger partial charge in [-0.25, -0.2) is 0 Å². The van der Waals surface area contributed by atoms with Crippen LogP contribution in [0.15, 0.2) is 77.4 Å². The normalized spacial score (nSPS) is 10.8. The highest BCUT2D eigenvalue weighted by Crippen LogP contribution is 2.26. The van der Waals surface area contributed by atoms with Gasteiger partial charge in [0, 0.05) is 15.5 Å². The minimum Gasteiger partial charge on any atom is -0.497 e. The fourth-order valence-corrected chi connectivity index (χ4v) is 3.59. The first-order valence-electron chi connectivity index (χ1n) is 8.78. The lowest BCUT2D eigenvalue weighted by Crippen LogP contribution is -2.14. The summed E-state index contributed by atoms with van der Waals surface area (Å²) in [5.74, 6) is 0.634. The van der Waals surface area contributed by atoms with Crippen molar-refractivity contribution in [3.63, 3.8) is 0 Å². The molecule has 140 valence electrons. The van der Waals surface area contributed by atoms with Crippen molar-refractivity contribution in [2.24, 2.45) is 0 Å². The Morgan fingerprint density at radius 1 is 1.11 bits per heavy atom. The molecule has 0 bridgehead atoms. The molecular formula is C22H18BrN3O2. The molecule has 0 unspecified atom stereocenters. The minimum atomic E-state index is -0.172. The first kappa shape index (κ1) is 18.3. The van der Waals surface area contributed by atoms with Crippen LogP contribution in [-0.2, 0) is 6.54 Å². The van der Waals surface area contributed by atoms with E-state index in [1.165, 1.54) is 0 Å². The Morgan fingerprint density at radius 2 is 1.86 bits per heavy atom. The quantitative estimate of drug-likeness (QED) is 0.473. The number of carbonyl (C=O) groups excluding carboxylic acids is 1. The van der Waals surface area contributed by atoms with E-state index in [1.807, 2.05) is 71.4 Å². The van der Waals surface area contributed by atoms with Gasteiger partial charge in [-0.1, -0.05) is 46.3 Å². The first-order valence-corrected chi connectivity index (χ1v) is 9.58. The topological polar surface area (TPSA) is 56.2 Å². The standard InChI is InChI=1S/C22H18BrN3O2/c1-28-19-9-7-15(8-10-19)14-26-21-16(13-24-26)11-17(23)12-20(21)22(27)25-18-5-3-2-4-6-18/h2-13H,14H2,1H3,(H,25,27). The Bertz CT molecular complexity index is 1120. The van der Waals surface area contributed by atoms with E-state index < -0.39 is 0 Å². The van der Waals surface area contributed by atoms with Gasteiger partial charge < -0.3 is 10.1 Å². The van der Waals surface area contributed by atoms with Crippen LogP contribution >= 0.6 is 15.9 Å². The molecule has 0 radical (unpaired) electrons. The van der Waals surface area contributed by atoms with E-state index in [4.69, 9.17) is 4.74 Å². The third-order valence-corrected chi connectivity index (χ3v) is 4.92. The number of halogens is 1. The molecule has 1 aromatic heterocycles. The van der Waals surface area contributed by atoms with E-state index in [-0.39, 0.29) is 5.91 Å². The Kier molecular flexibility index (Phi) is 5.12. The summed E-state index contributed by atoms with van der Waals surface area (Å²) in [5, 5.41) is 8.37. The number of hydrogen-bond acceptors (Lipinski definition) is 3. The summed E-state index contributed by atoms with van der Waals surface area (Å²) >= 11 is 3.50. The largest absolute Gasteiger partial charge is 0.497 e. The number of ether oxygens (including phenoxy) is 1. The van der Waals surface area contributed by atoms with Crippen molar-refractivity contribution in [1.29, 1.82) is 0 Å². The van der Waals surface area contributed by atoms with E-state index >= 15 is 0 Å². The van der Waals surface area contributed by atoms with Crippen LogP contribution in [0.4, 0.5) is 5.69 Å². The van der Waals surface area contributed by atoms with Crippen molar-refractivity contribution in [3.05, 3.63) is 88.5 Å². The zero-order valence-electron chi connectivity index (χ0n) is 15.2. The maximum atomic E-state index is 13.0. The van der Waals surface area contributed by atoms with Crippen LogP contribution in [0.25, 0.3) is 10.9 Å². The van der Waals surface area contributed by atoms with Crippen molar-refractivity contribution in [1.82, 2.24) is 9.78 Å². The fourth-order valence-electron chi connectivity index (χ4n) is 3.11. The second kappa shape index (κ2) is 7.86. The average molecular weight is 436 g/mol. The van der Waals surface area contributed by atoms with Gasteiger partial charge in [0.25, 0.3) is 5.91 Å². The molecule has 0 atom stereocenters. The van der Waals surface area contributed by atoms with Crippen LogP contribution in [0.2, 0.25) is 0 Å². The Hall–Kier alpha value is -3.12. The number of benzene rings is 3. The smallest absolute Gasteiger partial charge is 0.257 e. The SMILES string of the molecule is COc1ccc(Cn2ncc3cc(Br)cc(C(=O)Nc4ccccc4)c32)cc1. The van der Waals surface area contributed by atoms with Crippen molar-refractivity contribution < 1.29 is 9.53 Å². The van der Waals surface area contributed by atoms with Gasteiger partial charge in [-0.05, 0) is 42.0 Å². The molecule has 0 spiro atoms. The lowest BCUT2D eigenvalue weighted by Gasteiger charge is -2.11. The maximum absolute atomic E-state index is 13.0. The van der Waals surface area contributed by atoms with Crippen molar-refractivity contribution >= 4 is 38.4 Å². The molecule has 4 rings (SSSR count). The maximum Gasteiger partial charge on any atom is 0.257 e. The molecule has 0 aliphatic carbocycles. The monoisotopic (exact) mass is 435 g/mol. The van der Waals surface area contributed by atoms with Gasteiger partial charge in [-0.2, -0.15) is 5.10 Å². The van der Waals surface area contributed by atoms with Crippen LogP contribution in [0.1, 0.15) is 15.9 Å². The van der Waals surface area contributed by atoms with Crippen LogP contribution in [0.3, 0.4) is 0 Å². The van der Waals surface area contributed by atoms with Crippen molar-refractivity contribution in [2.75, 3.05) is 12.4 Å². The predicted molar refractivity (Wildman–Crippen MR) is 114 cm³/mol. The number of fused-ring (bicyclic) bond motifs is 1. The molecule has 4 aromatic rings. The zero-order chi connectivity index (χ0) is 19.5. The summed E-state index contributed by atoms with van der Waals surface area (Å²) < 4.78 is 7.90. The number of hydrogen-bond donors (Lipinski definition) is 1. The van der Waals surface area contributed by atoms with Gasteiger partial charge in [0.1, 0.15) is 5.75 Å². The van der Waals surface area contributed by atoms with E-state index in [1.54, 1.807) is 13.3 Å². The number of para-hydroxylation sites is 1. The van der Waals surface area contributed by atoms with Crippen LogP contribution in [-0.4, -0.2) is 22.8 Å². The van der Waals surface area contributed by atoms with Gasteiger partial charge in [0.05, 0.1) is 30.9 Å². The lowest BCUT2D eigenvalue weighted by molar-refractivity contribution is 0.102. The van der Waals surface area contributed by atoms with E-state index in [0.29, 0.717) is 12.1 Å². The van der Waals surface area contributed by atoms with Crippen molar-refractivity contribution in [2.45, 2.75) is 6.54 Å².